The highest BCUT2D eigenvalue weighted by atomic mass is 16.5. The quantitative estimate of drug-likeness (QED) is 0.314. The second-order valence-electron chi connectivity index (χ2n) is 9.63. The molecule has 0 unspecified atom stereocenters. The van der Waals surface area contributed by atoms with Crippen LogP contribution in [0.15, 0.2) is 47.1 Å². The number of carbonyl (C=O) groups excluding carboxylic acids is 1. The third-order valence-electron chi connectivity index (χ3n) is 7.45. The van der Waals surface area contributed by atoms with E-state index in [1.54, 1.807) is 4.68 Å². The molecule has 0 N–H and O–H groups in total. The van der Waals surface area contributed by atoms with Gasteiger partial charge < -0.3 is 18.6 Å². The van der Waals surface area contributed by atoms with Crippen LogP contribution in [0.4, 0.5) is 0 Å². The Kier molecular flexibility index (Phi) is 5.79. The van der Waals surface area contributed by atoms with Crippen molar-refractivity contribution in [2.24, 2.45) is 13.0 Å². The highest BCUT2D eigenvalue weighted by molar-refractivity contribution is 6.12. The van der Waals surface area contributed by atoms with Crippen molar-refractivity contribution in [1.82, 2.24) is 24.5 Å². The third kappa shape index (κ3) is 3.72. The molecule has 190 valence electrons. The summed E-state index contributed by atoms with van der Waals surface area (Å²) in [6.45, 7) is 5.24. The Morgan fingerprint density at radius 2 is 1.89 bits per heavy atom. The summed E-state index contributed by atoms with van der Waals surface area (Å²) in [4.78, 5) is 17.9. The van der Waals surface area contributed by atoms with E-state index in [4.69, 9.17) is 19.0 Å². The number of benzene rings is 1. The van der Waals surface area contributed by atoms with E-state index in [0.29, 0.717) is 19.1 Å². The highest BCUT2D eigenvalue weighted by Crippen LogP contribution is 2.42. The molecular weight excluding hydrogens is 470 g/mol. The van der Waals surface area contributed by atoms with Gasteiger partial charge in [-0.3, -0.25) is 9.67 Å². The summed E-state index contributed by atoms with van der Waals surface area (Å²) in [7, 11) is 3.23. The molecular formula is C28H29N5O4. The molecule has 0 saturated carbocycles. The number of hydrogen-bond donors (Lipinski definition) is 0. The third-order valence-corrected chi connectivity index (χ3v) is 7.45. The van der Waals surface area contributed by atoms with E-state index in [9.17, 15) is 4.79 Å². The summed E-state index contributed by atoms with van der Waals surface area (Å²) in [5, 5.41) is 8.73. The van der Waals surface area contributed by atoms with Crippen LogP contribution in [0.3, 0.4) is 0 Å². The fourth-order valence-corrected chi connectivity index (χ4v) is 5.81. The van der Waals surface area contributed by atoms with E-state index in [2.05, 4.69) is 45.2 Å². The molecule has 1 fully saturated rings. The van der Waals surface area contributed by atoms with Crippen molar-refractivity contribution < 1.29 is 18.8 Å². The smallest absolute Gasteiger partial charge is 0.360 e. The summed E-state index contributed by atoms with van der Waals surface area (Å²) in [5.41, 5.74) is 7.33. The first-order chi connectivity index (χ1) is 18.0. The van der Waals surface area contributed by atoms with Crippen molar-refractivity contribution in [2.45, 2.75) is 32.7 Å². The molecule has 0 radical (unpaired) electrons. The van der Waals surface area contributed by atoms with Crippen molar-refractivity contribution in [3.05, 3.63) is 65.3 Å². The SMILES string of the molecule is COC(=O)c1nn(C)c2c3ncc(-c4c(C)noc4C)cc3n([C@H](c3ccccc3)C3CCOCC3)c12. The molecule has 5 heterocycles. The lowest BCUT2D eigenvalue weighted by molar-refractivity contribution is 0.0548. The van der Waals surface area contributed by atoms with Crippen LogP contribution < -0.4 is 0 Å². The zero-order valence-corrected chi connectivity index (χ0v) is 21.4. The number of aryl methyl sites for hydroxylation is 3. The fourth-order valence-electron chi connectivity index (χ4n) is 5.81. The van der Waals surface area contributed by atoms with Gasteiger partial charge >= 0.3 is 5.97 Å². The Balaban J connectivity index is 1.72. The molecule has 0 aliphatic carbocycles. The summed E-state index contributed by atoms with van der Waals surface area (Å²) >= 11 is 0. The molecule has 9 heteroatoms. The van der Waals surface area contributed by atoms with Gasteiger partial charge in [0, 0.05) is 37.6 Å². The van der Waals surface area contributed by atoms with Crippen LogP contribution in [0.25, 0.3) is 33.2 Å². The van der Waals surface area contributed by atoms with Gasteiger partial charge in [0.2, 0.25) is 0 Å². The van der Waals surface area contributed by atoms with Crippen molar-refractivity contribution >= 4 is 28.0 Å². The number of pyridine rings is 1. The van der Waals surface area contributed by atoms with Crippen molar-refractivity contribution in [1.29, 1.82) is 0 Å². The van der Waals surface area contributed by atoms with Gasteiger partial charge in [0.25, 0.3) is 0 Å². The Labute approximate surface area is 214 Å². The topological polar surface area (TPSA) is 97.2 Å². The molecule has 5 aromatic rings. The first-order valence-electron chi connectivity index (χ1n) is 12.5. The maximum atomic E-state index is 13.0. The number of ether oxygens (including phenoxy) is 2. The lowest BCUT2D eigenvalue weighted by Gasteiger charge is -2.33. The standard InChI is InChI=1S/C28H29N5O4/c1-16-22(17(2)37-31-16)20-14-21-23(29-15-20)26-27(24(28(34)35-4)30-32(26)3)33(21)25(18-8-6-5-7-9-18)19-10-12-36-13-11-19/h5-9,14-15,19,25H,10-13H2,1-4H3/t25-/m1/s1. The first-order valence-corrected chi connectivity index (χ1v) is 12.5. The summed E-state index contributed by atoms with van der Waals surface area (Å²) in [6.07, 6.45) is 3.66. The zero-order chi connectivity index (χ0) is 25.7. The van der Waals surface area contributed by atoms with Gasteiger partial charge in [-0.2, -0.15) is 5.10 Å². The van der Waals surface area contributed by atoms with Gasteiger partial charge in [-0.25, -0.2) is 4.79 Å². The van der Waals surface area contributed by atoms with Gasteiger partial charge in [0.15, 0.2) is 5.69 Å². The normalized spacial score (nSPS) is 15.5. The predicted octanol–water partition coefficient (Wildman–Crippen LogP) is 5.00. The van der Waals surface area contributed by atoms with Crippen LogP contribution in [0.1, 0.15) is 46.4 Å². The van der Waals surface area contributed by atoms with Crippen LogP contribution in [-0.2, 0) is 16.5 Å². The highest BCUT2D eigenvalue weighted by Gasteiger charge is 2.34. The number of esters is 1. The fraction of sp³-hybridized carbons (Fsp3) is 0.357. The van der Waals surface area contributed by atoms with Crippen LogP contribution >= 0.6 is 0 Å². The van der Waals surface area contributed by atoms with Gasteiger partial charge in [-0.1, -0.05) is 35.5 Å². The average molecular weight is 500 g/mol. The molecule has 4 aromatic heterocycles. The van der Waals surface area contributed by atoms with E-state index < -0.39 is 5.97 Å². The number of rotatable bonds is 5. The summed E-state index contributed by atoms with van der Waals surface area (Å²) < 4.78 is 20.3. The largest absolute Gasteiger partial charge is 0.464 e. The van der Waals surface area contributed by atoms with E-state index in [1.165, 1.54) is 7.11 Å². The maximum absolute atomic E-state index is 13.0. The Morgan fingerprint density at radius 1 is 1.14 bits per heavy atom. The average Bonchev–Trinajstić information content (AvgIpc) is 3.56. The molecule has 0 spiro atoms. The number of aromatic nitrogens is 5. The number of hydrogen-bond acceptors (Lipinski definition) is 7. The molecule has 9 nitrogen and oxygen atoms in total. The minimum atomic E-state index is -0.473. The molecule has 1 atom stereocenters. The minimum absolute atomic E-state index is 0.0561. The Morgan fingerprint density at radius 3 is 2.57 bits per heavy atom. The molecule has 1 aliphatic heterocycles. The summed E-state index contributed by atoms with van der Waals surface area (Å²) in [6, 6.07) is 12.5. The number of carbonyl (C=O) groups is 1. The van der Waals surface area contributed by atoms with Gasteiger partial charge in [0.05, 0.1) is 24.4 Å². The molecule has 1 aromatic carbocycles. The van der Waals surface area contributed by atoms with E-state index in [1.807, 2.05) is 33.2 Å². The Bertz CT molecular complexity index is 1590. The zero-order valence-electron chi connectivity index (χ0n) is 21.4. The molecule has 0 amide bonds. The monoisotopic (exact) mass is 499 g/mol. The first kappa shape index (κ1) is 23.4. The van der Waals surface area contributed by atoms with Gasteiger partial charge in [0.1, 0.15) is 22.3 Å². The van der Waals surface area contributed by atoms with Crippen LogP contribution in [0.2, 0.25) is 0 Å². The molecule has 0 bridgehead atoms. The lowest BCUT2D eigenvalue weighted by atomic mass is 9.86. The van der Waals surface area contributed by atoms with Crippen molar-refractivity contribution in [2.75, 3.05) is 20.3 Å². The number of nitrogens with zero attached hydrogens (tertiary/aromatic N) is 5. The predicted molar refractivity (Wildman–Crippen MR) is 138 cm³/mol. The van der Waals surface area contributed by atoms with E-state index in [0.717, 1.165) is 63.1 Å². The van der Waals surface area contributed by atoms with Gasteiger partial charge in [-0.15, -0.1) is 0 Å². The second kappa shape index (κ2) is 9.15. The maximum Gasteiger partial charge on any atom is 0.360 e. The van der Waals surface area contributed by atoms with Crippen LogP contribution in [0.5, 0.6) is 0 Å². The molecule has 1 saturated heterocycles. The molecule has 37 heavy (non-hydrogen) atoms. The van der Waals surface area contributed by atoms with E-state index >= 15 is 0 Å². The summed E-state index contributed by atoms with van der Waals surface area (Å²) in [5.74, 6) is 0.560. The molecule has 1 aliphatic rings. The number of methoxy groups -OCH3 is 1. The Hall–Kier alpha value is -3.98. The second-order valence-corrected chi connectivity index (χ2v) is 9.63. The minimum Gasteiger partial charge on any atom is -0.464 e. The van der Waals surface area contributed by atoms with E-state index in [-0.39, 0.29) is 11.7 Å². The van der Waals surface area contributed by atoms with Gasteiger partial charge in [-0.05, 0) is 44.2 Å². The van der Waals surface area contributed by atoms with Crippen LogP contribution in [0, 0.1) is 19.8 Å². The lowest BCUT2D eigenvalue weighted by Crippen LogP contribution is -2.27. The van der Waals surface area contributed by atoms with Crippen LogP contribution in [-0.4, -0.2) is 50.8 Å². The molecule has 6 rings (SSSR count). The van der Waals surface area contributed by atoms with Crippen molar-refractivity contribution in [3.63, 3.8) is 0 Å². The van der Waals surface area contributed by atoms with Crippen molar-refractivity contribution in [3.8, 4) is 11.1 Å². The number of fused-ring (bicyclic) bond motifs is 3.